The van der Waals surface area contributed by atoms with E-state index in [9.17, 15) is 19.2 Å². The highest BCUT2D eigenvalue weighted by Crippen LogP contribution is 2.26. The highest BCUT2D eigenvalue weighted by atomic mass is 32.2. The van der Waals surface area contributed by atoms with Crippen molar-refractivity contribution in [2.45, 2.75) is 31.2 Å². The highest BCUT2D eigenvalue weighted by Gasteiger charge is 2.40. The number of likely N-dealkylation sites (tertiary alicyclic amines) is 1. The standard InChI is InChI=1S/C10H13NO5S/c1-6(13)17-9(2-3-12)11-5-7(14)4-8(11)10(15)16/h3,8-9H,2,4-5H2,1H3,(H,15,16)/t8-,9?/m0/s1. The van der Waals surface area contributed by atoms with Crippen molar-refractivity contribution in [3.63, 3.8) is 0 Å². The molecule has 1 fully saturated rings. The number of carbonyl (C=O) groups is 4. The third-order valence-corrected chi connectivity index (χ3v) is 3.50. The van der Waals surface area contributed by atoms with Crippen LogP contribution in [0.3, 0.4) is 0 Å². The number of ketones is 1. The molecule has 0 amide bonds. The summed E-state index contributed by atoms with van der Waals surface area (Å²) in [6.07, 6.45) is 0.590. The van der Waals surface area contributed by atoms with E-state index in [1.54, 1.807) is 0 Å². The Morgan fingerprint density at radius 2 is 2.29 bits per heavy atom. The molecule has 1 rings (SSSR count). The minimum absolute atomic E-state index is 0.0181. The maximum Gasteiger partial charge on any atom is 0.321 e. The van der Waals surface area contributed by atoms with Gasteiger partial charge >= 0.3 is 5.97 Å². The molecule has 0 saturated carbocycles. The monoisotopic (exact) mass is 259 g/mol. The summed E-state index contributed by atoms with van der Waals surface area (Å²) in [5.41, 5.74) is 0. The molecule has 94 valence electrons. The molecule has 0 bridgehead atoms. The number of rotatable bonds is 5. The van der Waals surface area contributed by atoms with E-state index in [1.807, 2.05) is 0 Å². The maximum atomic E-state index is 11.3. The van der Waals surface area contributed by atoms with Gasteiger partial charge in [-0.05, 0) is 0 Å². The SMILES string of the molecule is CC(=O)SC(CC=O)N1CC(=O)C[C@H]1C(=O)O. The first-order valence-corrected chi connectivity index (χ1v) is 5.94. The van der Waals surface area contributed by atoms with Crippen LogP contribution in [0.5, 0.6) is 0 Å². The summed E-state index contributed by atoms with van der Waals surface area (Å²) in [5.74, 6) is -1.28. The molecule has 1 aliphatic rings. The number of Topliss-reactive ketones (excluding diaryl/α,β-unsaturated/α-hetero) is 1. The fraction of sp³-hybridized carbons (Fsp3) is 0.600. The fourth-order valence-electron chi connectivity index (χ4n) is 1.77. The molecular formula is C10H13NO5S. The Hall–Kier alpha value is -1.21. The summed E-state index contributed by atoms with van der Waals surface area (Å²) in [6, 6.07) is -0.931. The lowest BCUT2D eigenvalue weighted by Crippen LogP contribution is -2.42. The minimum Gasteiger partial charge on any atom is -0.480 e. The Bertz CT molecular complexity index is 357. The van der Waals surface area contributed by atoms with Gasteiger partial charge in [-0.1, -0.05) is 11.8 Å². The quantitative estimate of drug-likeness (QED) is 0.690. The average Bonchev–Trinajstić information content (AvgIpc) is 2.59. The van der Waals surface area contributed by atoms with Crippen molar-refractivity contribution in [3.05, 3.63) is 0 Å². The summed E-state index contributed by atoms with van der Waals surface area (Å²) >= 11 is 0.885. The first kappa shape index (κ1) is 13.9. The normalized spacial score (nSPS) is 22.4. The molecular weight excluding hydrogens is 246 g/mol. The van der Waals surface area contributed by atoms with Crippen molar-refractivity contribution in [2.24, 2.45) is 0 Å². The topological polar surface area (TPSA) is 91.8 Å². The van der Waals surface area contributed by atoms with Gasteiger partial charge in [-0.15, -0.1) is 0 Å². The van der Waals surface area contributed by atoms with Crippen LogP contribution in [0.4, 0.5) is 0 Å². The van der Waals surface area contributed by atoms with E-state index in [1.165, 1.54) is 11.8 Å². The average molecular weight is 259 g/mol. The van der Waals surface area contributed by atoms with Crippen LogP contribution in [0.25, 0.3) is 0 Å². The van der Waals surface area contributed by atoms with E-state index < -0.39 is 17.4 Å². The molecule has 0 aromatic carbocycles. The molecule has 0 aromatic heterocycles. The van der Waals surface area contributed by atoms with Crippen LogP contribution in [0.2, 0.25) is 0 Å². The van der Waals surface area contributed by atoms with E-state index in [0.717, 1.165) is 11.8 Å². The van der Waals surface area contributed by atoms with Gasteiger partial charge in [-0.2, -0.15) is 0 Å². The van der Waals surface area contributed by atoms with Crippen molar-refractivity contribution in [3.8, 4) is 0 Å². The lowest BCUT2D eigenvalue weighted by molar-refractivity contribution is -0.142. The molecule has 2 atom stereocenters. The summed E-state index contributed by atoms with van der Waals surface area (Å²) in [7, 11) is 0. The molecule has 17 heavy (non-hydrogen) atoms. The summed E-state index contributed by atoms with van der Waals surface area (Å²) in [6.45, 7) is 1.33. The Morgan fingerprint density at radius 1 is 1.65 bits per heavy atom. The predicted octanol–water partition coefficient (Wildman–Crippen LogP) is -0.0908. The number of carboxylic acids is 1. The van der Waals surface area contributed by atoms with Crippen molar-refractivity contribution in [1.82, 2.24) is 4.90 Å². The van der Waals surface area contributed by atoms with Crippen LogP contribution < -0.4 is 0 Å². The number of aldehydes is 1. The number of thioether (sulfide) groups is 1. The molecule has 0 radical (unpaired) electrons. The zero-order valence-corrected chi connectivity index (χ0v) is 10.1. The molecule has 1 saturated heterocycles. The fourth-order valence-corrected chi connectivity index (χ4v) is 2.68. The van der Waals surface area contributed by atoms with Gasteiger partial charge < -0.3 is 9.90 Å². The number of carbonyl (C=O) groups excluding carboxylic acids is 3. The second-order valence-electron chi connectivity index (χ2n) is 3.74. The highest BCUT2D eigenvalue weighted by molar-refractivity contribution is 8.14. The van der Waals surface area contributed by atoms with Gasteiger partial charge in [0.05, 0.1) is 11.9 Å². The second kappa shape index (κ2) is 5.92. The van der Waals surface area contributed by atoms with Crippen LogP contribution in [-0.2, 0) is 19.2 Å². The van der Waals surface area contributed by atoms with Gasteiger partial charge in [-0.3, -0.25) is 19.3 Å². The van der Waals surface area contributed by atoms with Crippen LogP contribution in [-0.4, -0.2) is 51.1 Å². The van der Waals surface area contributed by atoms with E-state index >= 15 is 0 Å². The first-order chi connectivity index (χ1) is 7.95. The molecule has 0 aromatic rings. The molecule has 1 heterocycles. The molecule has 0 aliphatic carbocycles. The van der Waals surface area contributed by atoms with Crippen LogP contribution in [0, 0.1) is 0 Å². The largest absolute Gasteiger partial charge is 0.480 e. The van der Waals surface area contributed by atoms with Crippen LogP contribution >= 0.6 is 11.8 Å². The number of hydrogen-bond donors (Lipinski definition) is 1. The lowest BCUT2D eigenvalue weighted by Gasteiger charge is -2.27. The second-order valence-corrected chi connectivity index (χ2v) is 5.09. The van der Waals surface area contributed by atoms with Crippen molar-refractivity contribution < 1.29 is 24.3 Å². The number of aliphatic carboxylic acids is 1. The van der Waals surface area contributed by atoms with Gasteiger partial charge in [-0.25, -0.2) is 0 Å². The van der Waals surface area contributed by atoms with Gasteiger partial charge in [0.15, 0.2) is 5.12 Å². The zero-order valence-electron chi connectivity index (χ0n) is 9.29. The number of nitrogens with zero attached hydrogens (tertiary/aromatic N) is 1. The smallest absolute Gasteiger partial charge is 0.321 e. The summed E-state index contributed by atoms with van der Waals surface area (Å²) < 4.78 is 0. The summed E-state index contributed by atoms with van der Waals surface area (Å²) in [5, 5.41) is 8.20. The minimum atomic E-state index is -1.10. The molecule has 6 nitrogen and oxygen atoms in total. The third-order valence-electron chi connectivity index (χ3n) is 2.44. The van der Waals surface area contributed by atoms with Crippen LogP contribution in [0.15, 0.2) is 0 Å². The van der Waals surface area contributed by atoms with Gasteiger partial charge in [0.2, 0.25) is 0 Å². The summed E-state index contributed by atoms with van der Waals surface area (Å²) in [4.78, 5) is 45.2. The van der Waals surface area contributed by atoms with Crippen molar-refractivity contribution in [1.29, 1.82) is 0 Å². The Labute approximate surface area is 102 Å². The van der Waals surface area contributed by atoms with Gasteiger partial charge in [0, 0.05) is 19.8 Å². The van der Waals surface area contributed by atoms with E-state index in [4.69, 9.17) is 5.11 Å². The Balaban J connectivity index is 2.83. The molecule has 1 N–H and O–H groups in total. The molecule has 1 unspecified atom stereocenters. The Morgan fingerprint density at radius 3 is 2.76 bits per heavy atom. The maximum absolute atomic E-state index is 11.3. The number of carboxylic acid groups (broad SMARTS) is 1. The van der Waals surface area contributed by atoms with E-state index in [-0.39, 0.29) is 30.3 Å². The number of hydrogen-bond acceptors (Lipinski definition) is 6. The lowest BCUT2D eigenvalue weighted by atomic mass is 10.2. The van der Waals surface area contributed by atoms with Crippen molar-refractivity contribution in [2.75, 3.05) is 6.54 Å². The van der Waals surface area contributed by atoms with Crippen molar-refractivity contribution >= 4 is 34.9 Å². The predicted molar refractivity (Wildman–Crippen MR) is 60.5 cm³/mol. The van der Waals surface area contributed by atoms with Crippen LogP contribution in [0.1, 0.15) is 19.8 Å². The van der Waals surface area contributed by atoms with Gasteiger partial charge in [0.1, 0.15) is 18.1 Å². The zero-order chi connectivity index (χ0) is 13.0. The van der Waals surface area contributed by atoms with E-state index in [2.05, 4.69) is 0 Å². The Kier molecular flexibility index (Phi) is 4.83. The molecule has 1 aliphatic heterocycles. The van der Waals surface area contributed by atoms with E-state index in [0.29, 0.717) is 6.29 Å². The third kappa shape index (κ3) is 3.64. The molecule has 7 heteroatoms. The molecule has 0 spiro atoms. The van der Waals surface area contributed by atoms with Gasteiger partial charge in [0.25, 0.3) is 0 Å². The first-order valence-electron chi connectivity index (χ1n) is 5.06.